The number of rotatable bonds is 6. The first-order valence-corrected chi connectivity index (χ1v) is 6.91. The SMILES string of the molecule is CCc1nn(C(CC)CC)c(CC)c1CCl. The van der Waals surface area contributed by atoms with Gasteiger partial charge >= 0.3 is 0 Å². The van der Waals surface area contributed by atoms with Gasteiger partial charge in [0.1, 0.15) is 0 Å². The van der Waals surface area contributed by atoms with E-state index in [-0.39, 0.29) is 0 Å². The molecule has 0 unspecified atom stereocenters. The second kappa shape index (κ2) is 6.29. The largest absolute Gasteiger partial charge is 0.266 e. The van der Waals surface area contributed by atoms with Crippen molar-refractivity contribution in [2.24, 2.45) is 0 Å². The Balaban J connectivity index is 3.22. The molecule has 0 saturated heterocycles. The zero-order chi connectivity index (χ0) is 12.1. The summed E-state index contributed by atoms with van der Waals surface area (Å²) in [5, 5.41) is 4.74. The smallest absolute Gasteiger partial charge is 0.0669 e. The quantitative estimate of drug-likeness (QED) is 0.687. The fraction of sp³-hybridized carbons (Fsp3) is 0.769. The molecule has 0 fully saturated rings. The Morgan fingerprint density at radius 2 is 1.75 bits per heavy atom. The van der Waals surface area contributed by atoms with E-state index in [0.29, 0.717) is 11.9 Å². The van der Waals surface area contributed by atoms with Crippen LogP contribution >= 0.6 is 11.6 Å². The highest BCUT2D eigenvalue weighted by atomic mass is 35.5. The fourth-order valence-electron chi connectivity index (χ4n) is 2.31. The van der Waals surface area contributed by atoms with Gasteiger partial charge in [-0.15, -0.1) is 11.6 Å². The summed E-state index contributed by atoms with van der Waals surface area (Å²) < 4.78 is 2.22. The van der Waals surface area contributed by atoms with Gasteiger partial charge in [-0.05, 0) is 25.7 Å². The van der Waals surface area contributed by atoms with Gasteiger partial charge < -0.3 is 0 Å². The van der Waals surface area contributed by atoms with Crippen LogP contribution in [0.15, 0.2) is 0 Å². The van der Waals surface area contributed by atoms with E-state index in [0.717, 1.165) is 25.7 Å². The van der Waals surface area contributed by atoms with Crippen LogP contribution < -0.4 is 0 Å². The molecule has 2 nitrogen and oxygen atoms in total. The maximum atomic E-state index is 6.05. The molecule has 1 rings (SSSR count). The minimum Gasteiger partial charge on any atom is -0.266 e. The maximum Gasteiger partial charge on any atom is 0.0669 e. The number of halogens is 1. The molecule has 1 heterocycles. The van der Waals surface area contributed by atoms with Gasteiger partial charge in [-0.3, -0.25) is 4.68 Å². The fourth-order valence-corrected chi connectivity index (χ4v) is 2.61. The minimum absolute atomic E-state index is 0.525. The molecule has 16 heavy (non-hydrogen) atoms. The Hall–Kier alpha value is -0.500. The standard InChI is InChI=1S/C13H23ClN2/c1-5-10(6-2)16-13(8-4)11(9-14)12(7-3)15-16/h10H,5-9H2,1-4H3. The van der Waals surface area contributed by atoms with Gasteiger partial charge in [-0.25, -0.2) is 0 Å². The highest BCUT2D eigenvalue weighted by Crippen LogP contribution is 2.24. The molecule has 1 aromatic rings. The molecule has 0 amide bonds. The van der Waals surface area contributed by atoms with Crippen LogP contribution in [0, 0.1) is 0 Å². The molecule has 0 aromatic carbocycles. The summed E-state index contributed by atoms with van der Waals surface area (Å²) in [4.78, 5) is 0. The molecular weight excluding hydrogens is 220 g/mol. The van der Waals surface area contributed by atoms with Gasteiger partial charge in [0.25, 0.3) is 0 Å². The van der Waals surface area contributed by atoms with Gasteiger partial charge in [0.15, 0.2) is 0 Å². The molecule has 3 heteroatoms. The van der Waals surface area contributed by atoms with E-state index in [1.165, 1.54) is 17.0 Å². The summed E-state index contributed by atoms with van der Waals surface area (Å²) in [6.07, 6.45) is 4.26. The van der Waals surface area contributed by atoms with E-state index >= 15 is 0 Å². The van der Waals surface area contributed by atoms with Crippen LogP contribution in [0.4, 0.5) is 0 Å². The van der Waals surface area contributed by atoms with E-state index in [9.17, 15) is 0 Å². The van der Waals surface area contributed by atoms with Crippen molar-refractivity contribution < 1.29 is 0 Å². The third-order valence-corrected chi connectivity index (χ3v) is 3.56. The Morgan fingerprint density at radius 1 is 1.12 bits per heavy atom. The average molecular weight is 243 g/mol. The van der Waals surface area contributed by atoms with E-state index < -0.39 is 0 Å². The lowest BCUT2D eigenvalue weighted by molar-refractivity contribution is 0.413. The molecule has 0 bridgehead atoms. The maximum absolute atomic E-state index is 6.05. The Bertz CT molecular complexity index is 327. The third kappa shape index (κ3) is 2.42. The van der Waals surface area contributed by atoms with Crippen LogP contribution in [0.2, 0.25) is 0 Å². The van der Waals surface area contributed by atoms with Crippen molar-refractivity contribution in [2.45, 2.75) is 65.3 Å². The number of nitrogens with zero attached hydrogens (tertiary/aromatic N) is 2. The summed E-state index contributed by atoms with van der Waals surface area (Å²) in [5.41, 5.74) is 3.78. The minimum atomic E-state index is 0.525. The van der Waals surface area contributed by atoms with E-state index in [1.807, 2.05) is 0 Å². The van der Waals surface area contributed by atoms with Crippen molar-refractivity contribution in [1.82, 2.24) is 9.78 Å². The van der Waals surface area contributed by atoms with Crippen molar-refractivity contribution >= 4 is 11.6 Å². The summed E-state index contributed by atoms with van der Waals surface area (Å²) in [5.74, 6) is 0.590. The molecular formula is C13H23ClN2. The van der Waals surface area contributed by atoms with Crippen LogP contribution in [0.1, 0.15) is 63.5 Å². The molecule has 92 valence electrons. The second-order valence-corrected chi connectivity index (χ2v) is 4.39. The van der Waals surface area contributed by atoms with Gasteiger partial charge in [-0.1, -0.05) is 27.7 Å². The lowest BCUT2D eigenvalue weighted by Gasteiger charge is -2.16. The van der Waals surface area contributed by atoms with Crippen LogP contribution in [-0.4, -0.2) is 9.78 Å². The Morgan fingerprint density at radius 3 is 2.12 bits per heavy atom. The first-order chi connectivity index (χ1) is 7.73. The Labute approximate surface area is 104 Å². The number of alkyl halides is 1. The van der Waals surface area contributed by atoms with Crippen molar-refractivity contribution in [3.63, 3.8) is 0 Å². The van der Waals surface area contributed by atoms with E-state index in [2.05, 4.69) is 32.4 Å². The predicted molar refractivity (Wildman–Crippen MR) is 70.2 cm³/mol. The highest BCUT2D eigenvalue weighted by Gasteiger charge is 2.18. The average Bonchev–Trinajstić information content (AvgIpc) is 2.68. The number of hydrogen-bond acceptors (Lipinski definition) is 1. The zero-order valence-electron chi connectivity index (χ0n) is 10.9. The summed E-state index contributed by atoms with van der Waals surface area (Å²) in [6, 6.07) is 0.525. The third-order valence-electron chi connectivity index (χ3n) is 3.29. The molecule has 1 aromatic heterocycles. The molecule has 0 spiro atoms. The predicted octanol–water partition coefficient (Wildman–Crippen LogP) is 4.11. The monoisotopic (exact) mass is 242 g/mol. The van der Waals surface area contributed by atoms with Crippen molar-refractivity contribution in [1.29, 1.82) is 0 Å². The number of hydrogen-bond donors (Lipinski definition) is 0. The summed E-state index contributed by atoms with van der Waals surface area (Å²) in [6.45, 7) is 8.78. The van der Waals surface area contributed by atoms with Crippen LogP contribution in [0.5, 0.6) is 0 Å². The van der Waals surface area contributed by atoms with Gasteiger partial charge in [-0.2, -0.15) is 5.10 Å². The molecule has 0 radical (unpaired) electrons. The molecule has 0 saturated carbocycles. The zero-order valence-corrected chi connectivity index (χ0v) is 11.6. The van der Waals surface area contributed by atoms with E-state index in [1.54, 1.807) is 0 Å². The molecule has 0 N–H and O–H groups in total. The highest BCUT2D eigenvalue weighted by molar-refractivity contribution is 6.17. The molecule has 0 aliphatic heterocycles. The molecule has 0 aliphatic rings. The summed E-state index contributed by atoms with van der Waals surface area (Å²) in [7, 11) is 0. The first-order valence-electron chi connectivity index (χ1n) is 6.38. The van der Waals surface area contributed by atoms with Crippen molar-refractivity contribution in [3.8, 4) is 0 Å². The number of aryl methyl sites for hydroxylation is 1. The first kappa shape index (κ1) is 13.6. The van der Waals surface area contributed by atoms with Gasteiger partial charge in [0.05, 0.1) is 17.6 Å². The van der Waals surface area contributed by atoms with Gasteiger partial charge in [0.2, 0.25) is 0 Å². The lowest BCUT2D eigenvalue weighted by Crippen LogP contribution is -2.12. The van der Waals surface area contributed by atoms with Crippen LogP contribution in [0.25, 0.3) is 0 Å². The van der Waals surface area contributed by atoms with Crippen molar-refractivity contribution in [2.75, 3.05) is 0 Å². The van der Waals surface area contributed by atoms with Gasteiger partial charge in [0, 0.05) is 11.3 Å². The molecule has 0 aliphatic carbocycles. The number of aromatic nitrogens is 2. The lowest BCUT2D eigenvalue weighted by atomic mass is 10.1. The molecule has 0 atom stereocenters. The normalized spacial score (nSPS) is 11.4. The second-order valence-electron chi connectivity index (χ2n) is 4.13. The van der Waals surface area contributed by atoms with E-state index in [4.69, 9.17) is 16.7 Å². The van der Waals surface area contributed by atoms with Crippen molar-refractivity contribution in [3.05, 3.63) is 17.0 Å². The van der Waals surface area contributed by atoms with Crippen LogP contribution in [0.3, 0.4) is 0 Å². The van der Waals surface area contributed by atoms with Crippen LogP contribution in [-0.2, 0) is 18.7 Å². The Kier molecular flexibility index (Phi) is 5.33. The topological polar surface area (TPSA) is 17.8 Å². The summed E-state index contributed by atoms with van der Waals surface area (Å²) >= 11 is 6.05.